The SMILES string of the molecule is COc1ccc(-c2ccncc2)c(-c2cccnc2)c1. The third-order valence-electron chi connectivity index (χ3n) is 3.19. The first-order chi connectivity index (χ1) is 9.88. The molecule has 2 aromatic heterocycles. The lowest BCUT2D eigenvalue weighted by molar-refractivity contribution is 0.415. The minimum Gasteiger partial charge on any atom is -0.497 e. The molecule has 0 saturated heterocycles. The molecule has 0 fully saturated rings. The number of hydrogen-bond acceptors (Lipinski definition) is 3. The van der Waals surface area contributed by atoms with Crippen LogP contribution in [0.15, 0.2) is 67.3 Å². The van der Waals surface area contributed by atoms with Crippen molar-refractivity contribution in [2.24, 2.45) is 0 Å². The van der Waals surface area contributed by atoms with Gasteiger partial charge >= 0.3 is 0 Å². The molecule has 0 aliphatic rings. The van der Waals surface area contributed by atoms with Crippen LogP contribution in [0.5, 0.6) is 5.75 Å². The van der Waals surface area contributed by atoms with Crippen LogP contribution in [0.1, 0.15) is 0 Å². The van der Waals surface area contributed by atoms with Gasteiger partial charge in [0.15, 0.2) is 0 Å². The first kappa shape index (κ1) is 12.4. The average molecular weight is 262 g/mol. The Morgan fingerprint density at radius 2 is 1.65 bits per heavy atom. The van der Waals surface area contributed by atoms with Gasteiger partial charge in [-0.2, -0.15) is 0 Å². The molecular weight excluding hydrogens is 248 g/mol. The maximum absolute atomic E-state index is 5.33. The van der Waals surface area contributed by atoms with Crippen LogP contribution in [0.4, 0.5) is 0 Å². The second-order valence-corrected chi connectivity index (χ2v) is 4.39. The fourth-order valence-electron chi connectivity index (χ4n) is 2.19. The number of ether oxygens (including phenoxy) is 1. The van der Waals surface area contributed by atoms with E-state index in [-0.39, 0.29) is 0 Å². The van der Waals surface area contributed by atoms with Crippen LogP contribution in [-0.4, -0.2) is 17.1 Å². The molecule has 20 heavy (non-hydrogen) atoms. The van der Waals surface area contributed by atoms with Crippen molar-refractivity contribution in [3.63, 3.8) is 0 Å². The predicted octanol–water partition coefficient (Wildman–Crippen LogP) is 3.82. The molecule has 3 heteroatoms. The summed E-state index contributed by atoms with van der Waals surface area (Å²) in [4.78, 5) is 8.27. The summed E-state index contributed by atoms with van der Waals surface area (Å²) >= 11 is 0. The van der Waals surface area contributed by atoms with Crippen LogP contribution in [0.3, 0.4) is 0 Å². The van der Waals surface area contributed by atoms with Crippen LogP contribution >= 0.6 is 0 Å². The highest BCUT2D eigenvalue weighted by atomic mass is 16.5. The zero-order valence-corrected chi connectivity index (χ0v) is 11.2. The fraction of sp³-hybridized carbons (Fsp3) is 0.0588. The van der Waals surface area contributed by atoms with E-state index < -0.39 is 0 Å². The van der Waals surface area contributed by atoms with E-state index in [0.29, 0.717) is 0 Å². The lowest BCUT2D eigenvalue weighted by Crippen LogP contribution is -1.89. The second kappa shape index (κ2) is 5.53. The number of pyridine rings is 2. The van der Waals surface area contributed by atoms with E-state index in [0.717, 1.165) is 28.0 Å². The monoisotopic (exact) mass is 262 g/mol. The van der Waals surface area contributed by atoms with Crippen LogP contribution in [0.2, 0.25) is 0 Å². The third kappa shape index (κ3) is 2.38. The molecular formula is C17H14N2O. The molecule has 3 aromatic rings. The van der Waals surface area contributed by atoms with Crippen molar-refractivity contribution < 1.29 is 4.74 Å². The third-order valence-corrected chi connectivity index (χ3v) is 3.19. The maximum atomic E-state index is 5.33. The molecule has 2 heterocycles. The normalized spacial score (nSPS) is 10.2. The summed E-state index contributed by atoms with van der Waals surface area (Å²) in [6.07, 6.45) is 7.23. The Morgan fingerprint density at radius 3 is 2.35 bits per heavy atom. The van der Waals surface area contributed by atoms with Crippen LogP contribution in [0, 0.1) is 0 Å². The van der Waals surface area contributed by atoms with Gasteiger partial charge in [0.05, 0.1) is 7.11 Å². The molecule has 0 radical (unpaired) electrons. The summed E-state index contributed by atoms with van der Waals surface area (Å²) in [6.45, 7) is 0. The number of hydrogen-bond donors (Lipinski definition) is 0. The Kier molecular flexibility index (Phi) is 3.42. The van der Waals surface area contributed by atoms with Gasteiger partial charge in [0.2, 0.25) is 0 Å². The smallest absolute Gasteiger partial charge is 0.119 e. The summed E-state index contributed by atoms with van der Waals surface area (Å²) in [6, 6.07) is 14.1. The van der Waals surface area contributed by atoms with E-state index in [1.807, 2.05) is 42.6 Å². The van der Waals surface area contributed by atoms with E-state index in [1.54, 1.807) is 25.7 Å². The lowest BCUT2D eigenvalue weighted by atomic mass is 9.96. The molecule has 0 aliphatic carbocycles. The molecule has 0 amide bonds. The summed E-state index contributed by atoms with van der Waals surface area (Å²) < 4.78 is 5.33. The van der Waals surface area contributed by atoms with Crippen molar-refractivity contribution in [1.29, 1.82) is 0 Å². The number of aromatic nitrogens is 2. The average Bonchev–Trinajstić information content (AvgIpc) is 2.56. The standard InChI is InChI=1S/C17H14N2O/c1-20-15-4-5-16(13-6-9-18-10-7-13)17(11-15)14-3-2-8-19-12-14/h2-12H,1H3. The zero-order valence-electron chi connectivity index (χ0n) is 11.2. The molecule has 0 aliphatic heterocycles. The van der Waals surface area contributed by atoms with Gasteiger partial charge in [-0.3, -0.25) is 9.97 Å². The van der Waals surface area contributed by atoms with E-state index in [1.165, 1.54) is 0 Å². The Bertz CT molecular complexity index is 697. The van der Waals surface area contributed by atoms with Gasteiger partial charge in [-0.15, -0.1) is 0 Å². The summed E-state index contributed by atoms with van der Waals surface area (Å²) in [5.41, 5.74) is 4.43. The van der Waals surface area contributed by atoms with Crippen molar-refractivity contribution in [3.05, 3.63) is 67.3 Å². The van der Waals surface area contributed by atoms with Gasteiger partial charge in [-0.05, 0) is 47.0 Å². The maximum Gasteiger partial charge on any atom is 0.119 e. The Balaban J connectivity index is 2.20. The quantitative estimate of drug-likeness (QED) is 0.719. The Labute approximate surface area is 117 Å². The van der Waals surface area contributed by atoms with E-state index in [4.69, 9.17) is 4.74 Å². The van der Waals surface area contributed by atoms with Gasteiger partial charge in [-0.1, -0.05) is 12.1 Å². The predicted molar refractivity (Wildman–Crippen MR) is 79.5 cm³/mol. The highest BCUT2D eigenvalue weighted by Gasteiger charge is 2.09. The van der Waals surface area contributed by atoms with Gasteiger partial charge in [-0.25, -0.2) is 0 Å². The molecule has 1 aromatic carbocycles. The van der Waals surface area contributed by atoms with E-state index in [9.17, 15) is 0 Å². The van der Waals surface area contributed by atoms with Crippen LogP contribution in [-0.2, 0) is 0 Å². The van der Waals surface area contributed by atoms with Crippen molar-refractivity contribution >= 4 is 0 Å². The largest absolute Gasteiger partial charge is 0.497 e. The number of methoxy groups -OCH3 is 1. The topological polar surface area (TPSA) is 35.0 Å². The van der Waals surface area contributed by atoms with Gasteiger partial charge in [0.1, 0.15) is 5.75 Å². The second-order valence-electron chi connectivity index (χ2n) is 4.39. The number of rotatable bonds is 3. The summed E-state index contributed by atoms with van der Waals surface area (Å²) in [7, 11) is 1.68. The minimum absolute atomic E-state index is 0.835. The van der Waals surface area contributed by atoms with Crippen LogP contribution < -0.4 is 4.74 Å². The summed E-state index contributed by atoms with van der Waals surface area (Å²) in [5.74, 6) is 0.835. The Hall–Kier alpha value is -2.68. The molecule has 0 unspecified atom stereocenters. The molecule has 0 saturated carbocycles. The van der Waals surface area contributed by atoms with Gasteiger partial charge < -0.3 is 4.74 Å². The van der Waals surface area contributed by atoms with Gasteiger partial charge in [0.25, 0.3) is 0 Å². The van der Waals surface area contributed by atoms with Gasteiger partial charge in [0, 0.05) is 30.4 Å². The Morgan fingerprint density at radius 1 is 0.800 bits per heavy atom. The first-order valence-corrected chi connectivity index (χ1v) is 6.37. The van der Waals surface area contributed by atoms with Crippen molar-refractivity contribution in [1.82, 2.24) is 9.97 Å². The lowest BCUT2D eigenvalue weighted by Gasteiger charge is -2.11. The first-order valence-electron chi connectivity index (χ1n) is 6.37. The summed E-state index contributed by atoms with van der Waals surface area (Å²) in [5, 5.41) is 0. The van der Waals surface area contributed by atoms with Crippen molar-refractivity contribution in [3.8, 4) is 28.0 Å². The highest BCUT2D eigenvalue weighted by Crippen LogP contribution is 2.34. The minimum atomic E-state index is 0.835. The molecule has 0 bridgehead atoms. The molecule has 0 spiro atoms. The molecule has 3 rings (SSSR count). The fourth-order valence-corrected chi connectivity index (χ4v) is 2.19. The highest BCUT2D eigenvalue weighted by molar-refractivity contribution is 5.83. The zero-order chi connectivity index (χ0) is 13.8. The van der Waals surface area contributed by atoms with E-state index >= 15 is 0 Å². The van der Waals surface area contributed by atoms with Crippen LogP contribution in [0.25, 0.3) is 22.3 Å². The van der Waals surface area contributed by atoms with E-state index in [2.05, 4.69) is 16.0 Å². The number of nitrogens with zero attached hydrogens (tertiary/aromatic N) is 2. The van der Waals surface area contributed by atoms with Crippen molar-refractivity contribution in [2.75, 3.05) is 7.11 Å². The number of benzene rings is 1. The molecule has 0 N–H and O–H groups in total. The molecule has 0 atom stereocenters. The molecule has 3 nitrogen and oxygen atoms in total. The van der Waals surface area contributed by atoms with Crippen molar-refractivity contribution in [2.45, 2.75) is 0 Å². The molecule has 98 valence electrons.